The van der Waals surface area contributed by atoms with Gasteiger partial charge in [0.05, 0.1) is 21.3 Å². The van der Waals surface area contributed by atoms with Gasteiger partial charge in [-0.25, -0.2) is 0 Å². The second-order valence-corrected chi connectivity index (χ2v) is 5.23. The third kappa shape index (κ3) is 4.98. The maximum atomic E-state index is 11.8. The number of hydrogen-bond donors (Lipinski definition) is 1. The minimum Gasteiger partial charge on any atom is -0.493 e. The zero-order valence-corrected chi connectivity index (χ0v) is 13.9. The van der Waals surface area contributed by atoms with Crippen LogP contribution < -0.4 is 19.5 Å². The number of hydrogen-bond acceptors (Lipinski definition) is 4. The summed E-state index contributed by atoms with van der Waals surface area (Å²) in [7, 11) is 4.67. The number of amides is 1. The number of rotatable bonds is 8. The maximum absolute atomic E-state index is 11.8. The predicted molar refractivity (Wildman–Crippen MR) is 87.6 cm³/mol. The van der Waals surface area contributed by atoms with Crippen LogP contribution in [0.5, 0.6) is 17.2 Å². The molecule has 1 aromatic rings. The van der Waals surface area contributed by atoms with E-state index in [0.717, 1.165) is 12.0 Å². The summed E-state index contributed by atoms with van der Waals surface area (Å²) in [6, 6.07) is 3.59. The van der Waals surface area contributed by atoms with Crippen LogP contribution in [-0.4, -0.2) is 33.8 Å². The molecule has 0 saturated heterocycles. The van der Waals surface area contributed by atoms with Gasteiger partial charge in [0, 0.05) is 18.2 Å². The first-order valence-corrected chi connectivity index (χ1v) is 7.28. The van der Waals surface area contributed by atoms with Crippen LogP contribution in [0.2, 0.25) is 0 Å². The van der Waals surface area contributed by atoms with Crippen LogP contribution in [0.25, 0.3) is 6.08 Å². The van der Waals surface area contributed by atoms with Crippen molar-refractivity contribution in [3.63, 3.8) is 0 Å². The van der Waals surface area contributed by atoms with Gasteiger partial charge in [-0.05, 0) is 30.5 Å². The van der Waals surface area contributed by atoms with Crippen molar-refractivity contribution in [3.8, 4) is 17.2 Å². The molecule has 1 aromatic carbocycles. The van der Waals surface area contributed by atoms with Crippen molar-refractivity contribution in [1.82, 2.24) is 5.32 Å². The smallest absolute Gasteiger partial charge is 0.244 e. The van der Waals surface area contributed by atoms with Crippen LogP contribution >= 0.6 is 0 Å². The van der Waals surface area contributed by atoms with Gasteiger partial charge in [-0.1, -0.05) is 13.8 Å². The molecule has 0 fully saturated rings. The van der Waals surface area contributed by atoms with Crippen LogP contribution in [-0.2, 0) is 4.79 Å². The molecule has 0 heterocycles. The topological polar surface area (TPSA) is 56.8 Å². The third-order valence-corrected chi connectivity index (χ3v) is 3.17. The highest BCUT2D eigenvalue weighted by molar-refractivity contribution is 5.92. The highest BCUT2D eigenvalue weighted by Gasteiger charge is 2.14. The quantitative estimate of drug-likeness (QED) is 0.750. The van der Waals surface area contributed by atoms with Gasteiger partial charge >= 0.3 is 0 Å². The Kier molecular flexibility index (Phi) is 7.29. The summed E-state index contributed by atoms with van der Waals surface area (Å²) >= 11 is 0. The Morgan fingerprint density at radius 2 is 1.82 bits per heavy atom. The molecule has 0 unspecified atom stereocenters. The minimum atomic E-state index is -0.127. The first-order valence-electron chi connectivity index (χ1n) is 7.28. The zero-order valence-electron chi connectivity index (χ0n) is 13.9. The van der Waals surface area contributed by atoms with Gasteiger partial charge in [0.1, 0.15) is 0 Å². The fourth-order valence-corrected chi connectivity index (χ4v) is 1.96. The van der Waals surface area contributed by atoms with E-state index in [4.69, 9.17) is 14.2 Å². The van der Waals surface area contributed by atoms with Gasteiger partial charge < -0.3 is 19.5 Å². The van der Waals surface area contributed by atoms with Crippen LogP contribution in [0, 0.1) is 5.92 Å². The maximum Gasteiger partial charge on any atom is 0.244 e. The molecular formula is C17H25NO4. The molecular weight excluding hydrogens is 282 g/mol. The minimum absolute atomic E-state index is 0.127. The first-order chi connectivity index (χ1) is 10.5. The standard InChI is InChI=1S/C17H25NO4/c1-12(2)10-11-18-15(19)9-7-13-6-8-14(20-3)17(22-5)16(13)21-4/h6-9,12H,10-11H2,1-5H3,(H,18,19)/b9-7+. The fraction of sp³-hybridized carbons (Fsp3) is 0.471. The SMILES string of the molecule is COc1ccc(/C=C/C(=O)NCCC(C)C)c(OC)c1OC. The van der Waals surface area contributed by atoms with E-state index in [1.54, 1.807) is 33.5 Å². The molecule has 22 heavy (non-hydrogen) atoms. The summed E-state index contributed by atoms with van der Waals surface area (Å²) < 4.78 is 15.9. The number of carbonyl (C=O) groups excluding carboxylic acids is 1. The zero-order chi connectivity index (χ0) is 16.5. The van der Waals surface area contributed by atoms with Crippen molar-refractivity contribution in [3.05, 3.63) is 23.8 Å². The van der Waals surface area contributed by atoms with E-state index in [1.807, 2.05) is 6.07 Å². The molecule has 0 atom stereocenters. The van der Waals surface area contributed by atoms with Crippen molar-refractivity contribution in [2.45, 2.75) is 20.3 Å². The van der Waals surface area contributed by atoms with Crippen molar-refractivity contribution >= 4 is 12.0 Å². The Balaban J connectivity index is 2.84. The normalized spacial score (nSPS) is 10.8. The molecule has 5 heteroatoms. The predicted octanol–water partition coefficient (Wildman–Crippen LogP) is 2.89. The average molecular weight is 307 g/mol. The lowest BCUT2D eigenvalue weighted by Gasteiger charge is -2.14. The van der Waals surface area contributed by atoms with Gasteiger partial charge in [-0.15, -0.1) is 0 Å². The lowest BCUT2D eigenvalue weighted by Crippen LogP contribution is -2.23. The molecule has 0 radical (unpaired) electrons. The lowest BCUT2D eigenvalue weighted by atomic mass is 10.1. The largest absolute Gasteiger partial charge is 0.493 e. The van der Waals surface area contributed by atoms with E-state index in [-0.39, 0.29) is 5.91 Å². The first kappa shape index (κ1) is 17.9. The van der Waals surface area contributed by atoms with Gasteiger partial charge in [-0.2, -0.15) is 0 Å². The molecule has 0 aliphatic carbocycles. The number of methoxy groups -OCH3 is 3. The Morgan fingerprint density at radius 1 is 1.14 bits per heavy atom. The summed E-state index contributed by atoms with van der Waals surface area (Å²) in [4.78, 5) is 11.8. The summed E-state index contributed by atoms with van der Waals surface area (Å²) in [5.41, 5.74) is 0.749. The molecule has 0 aliphatic heterocycles. The summed E-state index contributed by atoms with van der Waals surface area (Å²) in [6.07, 6.45) is 4.15. The molecule has 0 aliphatic rings. The molecule has 1 amide bonds. The van der Waals surface area contributed by atoms with Gasteiger partial charge in [0.15, 0.2) is 11.5 Å². The summed E-state index contributed by atoms with van der Waals surface area (Å²) in [5.74, 6) is 2.06. The number of benzene rings is 1. The van der Waals surface area contributed by atoms with Gasteiger partial charge in [0.25, 0.3) is 0 Å². The highest BCUT2D eigenvalue weighted by atomic mass is 16.5. The highest BCUT2D eigenvalue weighted by Crippen LogP contribution is 2.40. The lowest BCUT2D eigenvalue weighted by molar-refractivity contribution is -0.116. The molecule has 0 bridgehead atoms. The van der Waals surface area contributed by atoms with E-state index in [2.05, 4.69) is 19.2 Å². The van der Waals surface area contributed by atoms with E-state index < -0.39 is 0 Å². The molecule has 5 nitrogen and oxygen atoms in total. The molecule has 1 N–H and O–H groups in total. The number of ether oxygens (including phenoxy) is 3. The molecule has 0 aromatic heterocycles. The van der Waals surface area contributed by atoms with E-state index in [0.29, 0.717) is 29.7 Å². The van der Waals surface area contributed by atoms with Crippen LogP contribution in [0.4, 0.5) is 0 Å². The third-order valence-electron chi connectivity index (χ3n) is 3.17. The van der Waals surface area contributed by atoms with Crippen molar-refractivity contribution < 1.29 is 19.0 Å². The van der Waals surface area contributed by atoms with Crippen LogP contribution in [0.15, 0.2) is 18.2 Å². The van der Waals surface area contributed by atoms with Crippen molar-refractivity contribution in [2.75, 3.05) is 27.9 Å². The van der Waals surface area contributed by atoms with E-state index in [1.165, 1.54) is 6.08 Å². The van der Waals surface area contributed by atoms with Crippen molar-refractivity contribution in [2.24, 2.45) is 5.92 Å². The Labute approximate surface area is 132 Å². The molecule has 0 spiro atoms. The van der Waals surface area contributed by atoms with Crippen LogP contribution in [0.1, 0.15) is 25.8 Å². The Hall–Kier alpha value is -2.17. The molecule has 122 valence electrons. The average Bonchev–Trinajstić information content (AvgIpc) is 2.51. The van der Waals surface area contributed by atoms with Crippen LogP contribution in [0.3, 0.4) is 0 Å². The van der Waals surface area contributed by atoms with Gasteiger partial charge in [-0.3, -0.25) is 4.79 Å². The molecule has 0 saturated carbocycles. The summed E-state index contributed by atoms with van der Waals surface area (Å²) in [5, 5.41) is 2.85. The second-order valence-electron chi connectivity index (χ2n) is 5.23. The summed E-state index contributed by atoms with van der Waals surface area (Å²) in [6.45, 7) is 4.91. The Morgan fingerprint density at radius 3 is 2.36 bits per heavy atom. The van der Waals surface area contributed by atoms with E-state index >= 15 is 0 Å². The van der Waals surface area contributed by atoms with Crippen molar-refractivity contribution in [1.29, 1.82) is 0 Å². The monoisotopic (exact) mass is 307 g/mol. The second kappa shape index (κ2) is 8.97. The number of nitrogens with one attached hydrogen (secondary N) is 1. The van der Waals surface area contributed by atoms with E-state index in [9.17, 15) is 4.79 Å². The number of carbonyl (C=O) groups is 1. The Bertz CT molecular complexity index is 524. The molecule has 1 rings (SSSR count). The van der Waals surface area contributed by atoms with Gasteiger partial charge in [0.2, 0.25) is 11.7 Å². The fourth-order valence-electron chi connectivity index (χ4n) is 1.96.